The molecule has 0 saturated heterocycles. The van der Waals surface area contributed by atoms with Gasteiger partial charge < -0.3 is 14.6 Å². The largest absolute Gasteiger partial charge is 1.00 e. The molecule has 0 aliphatic rings. The summed E-state index contributed by atoms with van der Waals surface area (Å²) in [5.41, 5.74) is 0. The second-order valence-electron chi connectivity index (χ2n) is 0.368. The summed E-state index contributed by atoms with van der Waals surface area (Å²) in [5.74, 6) is 0. The maximum Gasteiger partial charge on any atom is 1.00 e. The third kappa shape index (κ3) is 8.84. The molecule has 2 radical (unpaired) electrons. The molecule has 0 heterocycles. The Morgan fingerprint density at radius 2 is 2.00 bits per heavy atom. The molecule has 0 aliphatic carbocycles. The molecule has 0 aromatic rings. The summed E-state index contributed by atoms with van der Waals surface area (Å²) in [6, 6.07) is 0. The summed E-state index contributed by atoms with van der Waals surface area (Å²) >= 11 is 0. The van der Waals surface area contributed by atoms with Gasteiger partial charge >= 0.3 is 29.6 Å². The predicted molar refractivity (Wildman–Crippen MR) is 12.2 cm³/mol. The number of hydrogen-bond donors (Lipinski definition) is 0. The van der Waals surface area contributed by atoms with Crippen LogP contribution in [0, 0.1) is 0 Å². The average molecular weight is 93.8 g/mol. The van der Waals surface area contributed by atoms with Crippen LogP contribution in [-0.4, -0.2) is 14.2 Å². The second kappa shape index (κ2) is 5.33. The number of hydrogen-bond acceptors (Lipinski definition) is 3. The van der Waals surface area contributed by atoms with Crippen molar-refractivity contribution in [3.63, 3.8) is 0 Å². The Morgan fingerprint density at radius 3 is 2.00 bits per heavy atom. The Hall–Kier alpha value is 0.335. The van der Waals surface area contributed by atoms with E-state index in [9.17, 15) is 0 Å². The van der Waals surface area contributed by atoms with Gasteiger partial charge in [0.05, 0.1) is 0 Å². The molecule has 26 valence electrons. The van der Waals surface area contributed by atoms with Gasteiger partial charge in [-0.05, 0) is 0 Å². The molecule has 0 saturated carbocycles. The molecule has 3 nitrogen and oxygen atoms in total. The average Bonchev–Trinajstić information content (AvgIpc) is 1.38. The fraction of sp³-hybridized carbons (Fsp3) is 0. The van der Waals surface area contributed by atoms with Gasteiger partial charge in [0.25, 0.3) is 0 Å². The van der Waals surface area contributed by atoms with Crippen molar-refractivity contribution in [2.75, 3.05) is 0 Å². The van der Waals surface area contributed by atoms with Crippen molar-refractivity contribution in [2.45, 2.75) is 0 Å². The van der Waals surface area contributed by atoms with E-state index in [4.69, 9.17) is 9.90 Å². The minimum Gasteiger partial charge on any atom is -0.615 e. The third-order valence-corrected chi connectivity index (χ3v) is 0.0962. The van der Waals surface area contributed by atoms with E-state index < -0.39 is 6.16 Å². The van der Waals surface area contributed by atoms with Crippen LogP contribution in [0.4, 0.5) is 4.79 Å². The van der Waals surface area contributed by atoms with Gasteiger partial charge in [0.15, 0.2) is 0 Å². The summed E-state index contributed by atoms with van der Waals surface area (Å²) in [5, 5.41) is 8.91. The number of carbonyl (C=O) groups is 1. The summed E-state index contributed by atoms with van der Waals surface area (Å²) < 4.78 is 3.06. The molecule has 5 heteroatoms. The van der Waals surface area contributed by atoms with E-state index in [0.29, 0.717) is 0 Å². The fourth-order valence-electron chi connectivity index (χ4n) is 0. The van der Waals surface area contributed by atoms with Crippen molar-refractivity contribution >= 4 is 14.2 Å². The van der Waals surface area contributed by atoms with E-state index in [-0.39, 0.29) is 29.6 Å². The maximum absolute atomic E-state index is 8.91. The summed E-state index contributed by atoms with van der Waals surface area (Å²) in [6.07, 6.45) is -1.72. The van der Waals surface area contributed by atoms with Gasteiger partial charge in [0.2, 0.25) is 14.2 Å². The molecule has 0 fully saturated rings. The Bertz CT molecular complexity index is 46.1. The molecule has 0 aromatic heterocycles. The van der Waals surface area contributed by atoms with Crippen LogP contribution in [0.5, 0.6) is 0 Å². The molecule has 0 N–H and O–H groups in total. The van der Waals surface area contributed by atoms with E-state index in [2.05, 4.69) is 12.7 Å². The van der Waals surface area contributed by atoms with Crippen molar-refractivity contribution in [3.05, 3.63) is 0 Å². The third-order valence-electron chi connectivity index (χ3n) is 0.0962. The van der Waals surface area contributed by atoms with Crippen molar-refractivity contribution in [2.24, 2.45) is 0 Å². The quantitative estimate of drug-likeness (QED) is 0.284. The SMILES string of the molecule is [B]OC(=O)[O-].[Na+]. The smallest absolute Gasteiger partial charge is 0.615 e. The first kappa shape index (κ1) is 9.59. The molecule has 0 aromatic carbocycles. The van der Waals surface area contributed by atoms with E-state index in [0.717, 1.165) is 0 Å². The summed E-state index contributed by atoms with van der Waals surface area (Å²) in [6.45, 7) is 0. The molecule has 0 atom stereocenters. The van der Waals surface area contributed by atoms with E-state index in [1.807, 2.05) is 0 Å². The maximum atomic E-state index is 8.91. The van der Waals surface area contributed by atoms with Crippen LogP contribution in [0.25, 0.3) is 0 Å². The van der Waals surface area contributed by atoms with Gasteiger partial charge in [-0.1, -0.05) is 0 Å². The molecule has 0 amide bonds. The zero-order chi connectivity index (χ0) is 4.28. The molecule has 6 heavy (non-hydrogen) atoms. The Morgan fingerprint density at radius 1 is 1.83 bits per heavy atom. The number of carbonyl (C=O) groups excluding carboxylic acids is 1. The molecular formula is CBNaO3. The van der Waals surface area contributed by atoms with E-state index in [1.165, 1.54) is 0 Å². The predicted octanol–water partition coefficient (Wildman–Crippen LogP) is -4.57. The van der Waals surface area contributed by atoms with Crippen molar-refractivity contribution in [3.8, 4) is 0 Å². The number of carboxylic acid groups (broad SMARTS) is 1. The summed E-state index contributed by atoms with van der Waals surface area (Å²) in [4.78, 5) is 8.91. The molecule has 0 unspecified atom stereocenters. The van der Waals surface area contributed by atoms with E-state index in [1.54, 1.807) is 0 Å². The van der Waals surface area contributed by atoms with Gasteiger partial charge in [-0.2, -0.15) is 0 Å². The molecule has 0 rings (SSSR count). The van der Waals surface area contributed by atoms with Crippen LogP contribution in [-0.2, 0) is 4.65 Å². The van der Waals surface area contributed by atoms with Crippen molar-refractivity contribution < 1.29 is 44.1 Å². The molecule has 0 aliphatic heterocycles. The van der Waals surface area contributed by atoms with Crippen LogP contribution in [0.2, 0.25) is 0 Å². The van der Waals surface area contributed by atoms with Gasteiger partial charge in [-0.3, -0.25) is 0 Å². The first-order valence-corrected chi connectivity index (χ1v) is 0.848. The van der Waals surface area contributed by atoms with Crippen LogP contribution >= 0.6 is 0 Å². The standard InChI is InChI=1S/CHBO3.Na/c2-5-1(3)4;/h(H,3,4);/q;+1/p-1. The molecular weight excluding hydrogens is 93.8 g/mol. The minimum atomic E-state index is -1.72. The van der Waals surface area contributed by atoms with Crippen LogP contribution < -0.4 is 34.7 Å². The van der Waals surface area contributed by atoms with Gasteiger partial charge in [-0.15, -0.1) is 0 Å². The summed E-state index contributed by atoms with van der Waals surface area (Å²) in [7, 11) is 4.01. The van der Waals surface area contributed by atoms with Gasteiger partial charge in [0.1, 0.15) is 0 Å². The minimum absolute atomic E-state index is 0. The normalized spacial score (nSPS) is 5.33. The van der Waals surface area contributed by atoms with Gasteiger partial charge in [-0.25, -0.2) is 0 Å². The first-order valence-electron chi connectivity index (χ1n) is 0.848. The zero-order valence-electron chi connectivity index (χ0n) is 3.30. The van der Waals surface area contributed by atoms with E-state index >= 15 is 0 Å². The van der Waals surface area contributed by atoms with Crippen LogP contribution in [0.1, 0.15) is 0 Å². The molecule has 0 bridgehead atoms. The van der Waals surface area contributed by atoms with Crippen LogP contribution in [0.3, 0.4) is 0 Å². The van der Waals surface area contributed by atoms with Crippen molar-refractivity contribution in [1.82, 2.24) is 0 Å². The molecule has 0 spiro atoms. The fourth-order valence-corrected chi connectivity index (χ4v) is 0. The topological polar surface area (TPSA) is 49.4 Å². The first-order chi connectivity index (χ1) is 2.27. The second-order valence-corrected chi connectivity index (χ2v) is 0.368. The van der Waals surface area contributed by atoms with Gasteiger partial charge in [0, 0.05) is 0 Å². The zero-order valence-corrected chi connectivity index (χ0v) is 5.30. The van der Waals surface area contributed by atoms with Crippen molar-refractivity contribution in [1.29, 1.82) is 0 Å². The number of rotatable bonds is 0. The Balaban J connectivity index is 0. The monoisotopic (exact) mass is 94.0 g/mol. The Labute approximate surface area is 58.4 Å². The Kier molecular flexibility index (Phi) is 8.53. The van der Waals surface area contributed by atoms with Crippen LogP contribution in [0.15, 0.2) is 0 Å².